The number of nitrogens with zero attached hydrogens (tertiary/aromatic N) is 2. The fourth-order valence-electron chi connectivity index (χ4n) is 19.7. The molecule has 0 aliphatic carbocycles. The second-order valence-electron chi connectivity index (χ2n) is 38.0. The standard InChI is InChI=1S/C120H96N2O4/c1-117(2,3)80-64-78(65-81(69-80)118(4,5)6)87-45-25-32-74-35-28-49-97(112(74)87)91-40-13-19-55-105(91)122(86-61-63-111-103(72-86)95-44-17-22-58-108(95)124-111)106-56-20-14-41-92(106)98-51-31-53-101-100-50-29-37-77(114(100)126-116(98)101)73-120(10,11)83-67-79(66-82(70-83)119(7,8)9)88-46-26-33-75-34-27-48-96(113(75)88)90-39-12-18-54-104(90)121(85-60-62-110-102(71-85)94-43-16-21-57-107(94)123-110)84-38-24-36-76(68-84)89-47-30-52-99-93-42-15-23-59-109(93)125-115(89)99/h12-72H,73H2,1-11H3. The van der Waals surface area contributed by atoms with Gasteiger partial charge in [-0.05, 0) is 201 Å². The van der Waals surface area contributed by atoms with Gasteiger partial charge in [0.25, 0.3) is 0 Å². The van der Waals surface area contributed by atoms with E-state index < -0.39 is 5.41 Å². The molecule has 610 valence electrons. The largest absolute Gasteiger partial charge is 0.456 e. The van der Waals surface area contributed by atoms with E-state index in [2.05, 4.69) is 438 Å². The molecule has 0 saturated carbocycles. The third-order valence-electron chi connectivity index (χ3n) is 26.3. The zero-order valence-electron chi connectivity index (χ0n) is 73.0. The average Bonchev–Trinajstić information content (AvgIpc) is 0.880. The molecule has 0 aliphatic rings. The van der Waals surface area contributed by atoms with Gasteiger partial charge in [0.1, 0.15) is 44.7 Å². The van der Waals surface area contributed by atoms with Crippen LogP contribution >= 0.6 is 0 Å². The lowest BCUT2D eigenvalue weighted by atomic mass is 9.74. The van der Waals surface area contributed by atoms with Crippen molar-refractivity contribution in [1.29, 1.82) is 0 Å². The maximum absolute atomic E-state index is 7.65. The molecule has 0 radical (unpaired) electrons. The molecule has 0 saturated heterocycles. The molecule has 0 N–H and O–H groups in total. The van der Waals surface area contributed by atoms with E-state index in [9.17, 15) is 0 Å². The predicted molar refractivity (Wildman–Crippen MR) is 532 cm³/mol. The van der Waals surface area contributed by atoms with Crippen LogP contribution in [0.4, 0.5) is 34.1 Å². The molecule has 6 heteroatoms. The summed E-state index contributed by atoms with van der Waals surface area (Å²) in [5.74, 6) is 0. The molecule has 4 heterocycles. The Labute approximate surface area is 734 Å². The quantitative estimate of drug-likeness (QED) is 0.102. The van der Waals surface area contributed by atoms with Crippen molar-refractivity contribution in [2.75, 3.05) is 9.80 Å². The van der Waals surface area contributed by atoms with Crippen molar-refractivity contribution in [3.8, 4) is 66.8 Å². The van der Waals surface area contributed by atoms with Crippen molar-refractivity contribution >= 4 is 143 Å². The molecule has 18 aromatic carbocycles. The number of anilines is 6. The minimum absolute atomic E-state index is 0.0677. The van der Waals surface area contributed by atoms with E-state index in [1.165, 1.54) is 60.7 Å². The maximum atomic E-state index is 7.65. The third-order valence-corrected chi connectivity index (χ3v) is 26.3. The Balaban J connectivity index is 0.662. The van der Waals surface area contributed by atoms with Gasteiger partial charge in [-0.1, -0.05) is 361 Å². The smallest absolute Gasteiger partial charge is 0.143 e. The molecule has 126 heavy (non-hydrogen) atoms. The zero-order chi connectivity index (χ0) is 85.6. The number of hydrogen-bond acceptors (Lipinski definition) is 6. The Kier molecular flexibility index (Phi) is 18.3. The number of rotatable bonds is 15. The van der Waals surface area contributed by atoms with Crippen LogP contribution in [0.2, 0.25) is 0 Å². The van der Waals surface area contributed by atoms with Crippen LogP contribution in [0.5, 0.6) is 0 Å². The van der Waals surface area contributed by atoms with Gasteiger partial charge < -0.3 is 27.5 Å². The summed E-state index contributed by atoms with van der Waals surface area (Å²) in [7, 11) is 0. The van der Waals surface area contributed by atoms with Gasteiger partial charge in [-0.15, -0.1) is 0 Å². The summed E-state index contributed by atoms with van der Waals surface area (Å²) in [4.78, 5) is 4.91. The summed E-state index contributed by atoms with van der Waals surface area (Å²) in [6.45, 7) is 25.8. The number of fused-ring (bicyclic) bond motifs is 14. The highest BCUT2D eigenvalue weighted by Gasteiger charge is 2.32. The topological polar surface area (TPSA) is 59.0 Å². The summed E-state index contributed by atoms with van der Waals surface area (Å²) < 4.78 is 27.5. The van der Waals surface area contributed by atoms with Crippen LogP contribution in [0.1, 0.15) is 104 Å². The fourth-order valence-corrected chi connectivity index (χ4v) is 19.7. The second kappa shape index (κ2) is 29.8. The lowest BCUT2D eigenvalue weighted by molar-refractivity contribution is 0.514. The summed E-state index contributed by atoms with van der Waals surface area (Å²) in [5, 5.41) is 13.3. The Bertz CT molecular complexity index is 8090. The number of hydrogen-bond donors (Lipinski definition) is 0. The van der Waals surface area contributed by atoms with Crippen LogP contribution in [0.3, 0.4) is 0 Å². The van der Waals surface area contributed by atoms with Crippen molar-refractivity contribution in [3.63, 3.8) is 0 Å². The van der Waals surface area contributed by atoms with Gasteiger partial charge >= 0.3 is 0 Å². The van der Waals surface area contributed by atoms with Crippen LogP contribution in [-0.2, 0) is 28.1 Å². The van der Waals surface area contributed by atoms with E-state index in [0.717, 1.165) is 177 Å². The highest BCUT2D eigenvalue weighted by Crippen LogP contribution is 2.54. The number of benzene rings is 18. The first-order chi connectivity index (χ1) is 61.1. The molecular formula is C120H96N2O4. The SMILES string of the molecule is CC(C)(C)c1cc(-c2cccc3cccc(-c4ccccc4N(c4ccc5oc6ccccc6c5c4)c4ccccc4-c4cccc5c4oc4c(CC(C)(C)c6cc(-c7cccc8cccc(-c9ccccc9N(c9cccc(-c%10cccc%11c%10oc%10ccccc%10%11)c9)c9ccc%10oc%11ccccc%11c%10c9)c78)cc(C(C)(C)C)c6)cccc45)c23)cc(C(C)(C)C)c1. The first kappa shape index (κ1) is 77.3. The highest BCUT2D eigenvalue weighted by atomic mass is 16.3. The lowest BCUT2D eigenvalue weighted by Gasteiger charge is -2.30. The minimum atomic E-state index is -0.406. The maximum Gasteiger partial charge on any atom is 0.143 e. The molecule has 0 fully saturated rings. The summed E-state index contributed by atoms with van der Waals surface area (Å²) in [6, 6.07) is 136. The number of furan rings is 4. The Morgan fingerprint density at radius 3 is 1.09 bits per heavy atom. The normalized spacial score (nSPS) is 12.4. The van der Waals surface area contributed by atoms with Crippen molar-refractivity contribution < 1.29 is 17.7 Å². The van der Waals surface area contributed by atoms with Gasteiger partial charge in [0.15, 0.2) is 0 Å². The monoisotopic (exact) mass is 1630 g/mol. The molecule has 22 aromatic rings. The van der Waals surface area contributed by atoms with E-state index in [0.29, 0.717) is 6.42 Å². The molecular weight excluding hydrogens is 1530 g/mol. The molecule has 0 spiro atoms. The van der Waals surface area contributed by atoms with Gasteiger partial charge in [-0.2, -0.15) is 0 Å². The highest BCUT2D eigenvalue weighted by molar-refractivity contribution is 6.16. The summed E-state index contributed by atoms with van der Waals surface area (Å²) >= 11 is 0. The third kappa shape index (κ3) is 13.3. The van der Waals surface area contributed by atoms with Crippen molar-refractivity contribution in [2.24, 2.45) is 0 Å². The van der Waals surface area contributed by atoms with Crippen molar-refractivity contribution in [2.45, 2.75) is 104 Å². The van der Waals surface area contributed by atoms with Gasteiger partial charge in [-0.25, -0.2) is 0 Å². The van der Waals surface area contributed by atoms with Crippen LogP contribution in [0.25, 0.3) is 176 Å². The van der Waals surface area contributed by atoms with Crippen LogP contribution in [-0.4, -0.2) is 0 Å². The second-order valence-corrected chi connectivity index (χ2v) is 38.0. The summed E-state index contributed by atoms with van der Waals surface area (Å²) in [6.07, 6.45) is 0.702. The fraction of sp³-hybridized carbons (Fsp3) is 0.133. The average molecular weight is 1630 g/mol. The molecule has 0 aliphatic heterocycles. The van der Waals surface area contributed by atoms with Crippen LogP contribution < -0.4 is 9.80 Å². The first-order valence-corrected chi connectivity index (χ1v) is 44.1. The molecule has 0 amide bonds. The van der Waals surface area contributed by atoms with Crippen molar-refractivity contribution in [1.82, 2.24) is 0 Å². The van der Waals surface area contributed by atoms with E-state index in [1.807, 2.05) is 18.2 Å². The Morgan fingerprint density at radius 1 is 0.214 bits per heavy atom. The van der Waals surface area contributed by atoms with Gasteiger partial charge in [0.05, 0.1) is 17.1 Å². The molecule has 0 bridgehead atoms. The number of para-hydroxylation sites is 9. The van der Waals surface area contributed by atoms with E-state index in [-0.39, 0.29) is 16.2 Å². The molecule has 0 atom stereocenters. The van der Waals surface area contributed by atoms with E-state index in [4.69, 9.17) is 17.7 Å². The van der Waals surface area contributed by atoms with Crippen LogP contribution in [0.15, 0.2) is 388 Å². The Hall–Kier alpha value is -14.7. The van der Waals surface area contributed by atoms with E-state index in [1.54, 1.807) is 0 Å². The molecule has 22 rings (SSSR count). The van der Waals surface area contributed by atoms with Gasteiger partial charge in [0.2, 0.25) is 0 Å². The first-order valence-electron chi connectivity index (χ1n) is 44.1. The minimum Gasteiger partial charge on any atom is -0.456 e. The van der Waals surface area contributed by atoms with E-state index >= 15 is 0 Å². The summed E-state index contributed by atoms with van der Waals surface area (Å²) in [5.41, 5.74) is 31.9. The van der Waals surface area contributed by atoms with Crippen LogP contribution in [0, 0.1) is 0 Å². The zero-order valence-corrected chi connectivity index (χ0v) is 73.0. The van der Waals surface area contributed by atoms with Gasteiger partial charge in [0, 0.05) is 88.0 Å². The Morgan fingerprint density at radius 2 is 0.563 bits per heavy atom. The van der Waals surface area contributed by atoms with Gasteiger partial charge in [-0.3, -0.25) is 0 Å². The molecule has 4 aromatic heterocycles. The predicted octanol–water partition coefficient (Wildman–Crippen LogP) is 34.9. The molecule has 0 unspecified atom stereocenters. The lowest BCUT2D eigenvalue weighted by Crippen LogP contribution is -2.22. The molecule has 6 nitrogen and oxygen atoms in total. The van der Waals surface area contributed by atoms with Crippen molar-refractivity contribution in [3.05, 3.63) is 398 Å².